The van der Waals surface area contributed by atoms with E-state index in [1.54, 1.807) is 0 Å². The fraction of sp³-hybridized carbons (Fsp3) is 0.333. The minimum atomic E-state index is 0.962. The molecule has 3 aromatic rings. The van der Waals surface area contributed by atoms with Gasteiger partial charge in [-0.1, -0.05) is 77.9 Å². The predicted octanol–water partition coefficient (Wildman–Crippen LogP) is 8.31. The highest BCUT2D eigenvalue weighted by atomic mass is 16.5. The zero-order chi connectivity index (χ0) is 19.0. The van der Waals surface area contributed by atoms with Crippen molar-refractivity contribution in [2.75, 3.05) is 0 Å². The number of aryl methyl sites for hydroxylation is 2. The van der Waals surface area contributed by atoms with Crippen molar-refractivity contribution >= 4 is 10.8 Å². The molecule has 0 bridgehead atoms. The molecule has 0 radical (unpaired) electrons. The molecule has 0 saturated heterocycles. The van der Waals surface area contributed by atoms with Crippen LogP contribution in [0.1, 0.15) is 52.7 Å². The first-order chi connectivity index (χ1) is 12.2. The smallest absolute Gasteiger partial charge is 0.135 e. The highest BCUT2D eigenvalue weighted by Crippen LogP contribution is 2.47. The van der Waals surface area contributed by atoms with Crippen LogP contribution >= 0.6 is 0 Å². The van der Waals surface area contributed by atoms with Gasteiger partial charge in [0.1, 0.15) is 11.5 Å². The molecule has 0 spiro atoms. The standard InChI is InChI=1S/C18H14O.3C2H6/c1-11-6-8-14-15-5-3-4-13-12(2)7-9-16(18(13)15)19-17(14)10-11;3*1-2/h3-10H,1-2H3;3*1-2H3. The number of hydrogen-bond acceptors (Lipinski definition) is 1. The van der Waals surface area contributed by atoms with E-state index in [9.17, 15) is 0 Å². The molecule has 1 nitrogen and oxygen atoms in total. The Balaban J connectivity index is 0.000000475. The Hall–Kier alpha value is -2.28. The van der Waals surface area contributed by atoms with Crippen LogP contribution in [0.15, 0.2) is 48.5 Å². The lowest BCUT2D eigenvalue weighted by Crippen LogP contribution is -1.98. The Morgan fingerprint density at radius 2 is 1.32 bits per heavy atom. The van der Waals surface area contributed by atoms with Gasteiger partial charge in [0.25, 0.3) is 0 Å². The Morgan fingerprint density at radius 1 is 0.640 bits per heavy atom. The molecule has 0 amide bonds. The molecular formula is C24H32O. The Bertz CT molecular complexity index is 816. The summed E-state index contributed by atoms with van der Waals surface area (Å²) in [6.07, 6.45) is 0. The zero-order valence-corrected chi connectivity index (χ0v) is 17.0. The maximum absolute atomic E-state index is 6.09. The maximum atomic E-state index is 6.09. The van der Waals surface area contributed by atoms with Gasteiger partial charge in [-0.2, -0.15) is 0 Å². The average Bonchev–Trinajstić information content (AvgIpc) is 2.69. The van der Waals surface area contributed by atoms with Crippen LogP contribution in [0.3, 0.4) is 0 Å². The van der Waals surface area contributed by atoms with Gasteiger partial charge in [0, 0.05) is 10.9 Å². The second kappa shape index (κ2) is 9.88. The molecule has 0 fully saturated rings. The van der Waals surface area contributed by atoms with Crippen molar-refractivity contribution in [2.45, 2.75) is 55.4 Å². The second-order valence-corrected chi connectivity index (χ2v) is 5.21. The summed E-state index contributed by atoms with van der Waals surface area (Å²) in [4.78, 5) is 0. The number of fused-ring (bicyclic) bond motifs is 2. The van der Waals surface area contributed by atoms with Crippen LogP contribution < -0.4 is 4.74 Å². The summed E-state index contributed by atoms with van der Waals surface area (Å²) < 4.78 is 6.09. The quantitative estimate of drug-likeness (QED) is 0.314. The summed E-state index contributed by atoms with van der Waals surface area (Å²) in [5, 5.41) is 2.51. The van der Waals surface area contributed by atoms with E-state index in [1.165, 1.54) is 33.0 Å². The molecule has 1 heteroatoms. The van der Waals surface area contributed by atoms with Crippen molar-refractivity contribution in [2.24, 2.45) is 0 Å². The van der Waals surface area contributed by atoms with Gasteiger partial charge >= 0.3 is 0 Å². The third-order valence-electron chi connectivity index (χ3n) is 3.87. The van der Waals surface area contributed by atoms with E-state index in [2.05, 4.69) is 62.4 Å². The van der Waals surface area contributed by atoms with Crippen molar-refractivity contribution in [1.29, 1.82) is 0 Å². The summed E-state index contributed by atoms with van der Waals surface area (Å²) >= 11 is 0. The molecule has 0 aromatic heterocycles. The fourth-order valence-electron chi connectivity index (χ4n) is 2.88. The molecular weight excluding hydrogens is 304 g/mol. The summed E-state index contributed by atoms with van der Waals surface area (Å²) in [7, 11) is 0. The van der Waals surface area contributed by atoms with Gasteiger partial charge in [-0.15, -0.1) is 0 Å². The lowest BCUT2D eigenvalue weighted by atomic mass is 9.92. The van der Waals surface area contributed by atoms with Gasteiger partial charge < -0.3 is 4.74 Å². The molecule has 1 aliphatic heterocycles. The van der Waals surface area contributed by atoms with Crippen LogP contribution in [0.4, 0.5) is 0 Å². The monoisotopic (exact) mass is 336 g/mol. The van der Waals surface area contributed by atoms with E-state index in [4.69, 9.17) is 4.74 Å². The molecule has 0 atom stereocenters. The van der Waals surface area contributed by atoms with Crippen LogP contribution in [0, 0.1) is 13.8 Å². The fourth-order valence-corrected chi connectivity index (χ4v) is 2.88. The number of benzene rings is 3. The van der Waals surface area contributed by atoms with Crippen molar-refractivity contribution < 1.29 is 4.74 Å². The molecule has 4 rings (SSSR count). The van der Waals surface area contributed by atoms with E-state index >= 15 is 0 Å². The van der Waals surface area contributed by atoms with Gasteiger partial charge in [-0.05, 0) is 48.1 Å². The molecule has 3 aromatic carbocycles. The highest BCUT2D eigenvalue weighted by Gasteiger charge is 2.20. The minimum Gasteiger partial charge on any atom is -0.456 e. The van der Waals surface area contributed by atoms with Crippen molar-refractivity contribution in [3.63, 3.8) is 0 Å². The van der Waals surface area contributed by atoms with E-state index in [1.807, 2.05) is 41.5 Å². The van der Waals surface area contributed by atoms with Crippen LogP contribution in [0.2, 0.25) is 0 Å². The van der Waals surface area contributed by atoms with Gasteiger partial charge in [-0.3, -0.25) is 0 Å². The number of rotatable bonds is 0. The first kappa shape index (κ1) is 20.8. The Kier molecular flexibility index (Phi) is 8.21. The summed E-state index contributed by atoms with van der Waals surface area (Å²) in [5.74, 6) is 1.93. The average molecular weight is 337 g/mol. The summed E-state index contributed by atoms with van der Waals surface area (Å²) in [6, 6.07) is 17.1. The molecule has 0 saturated carbocycles. The normalized spacial score (nSPS) is 9.92. The van der Waals surface area contributed by atoms with Crippen LogP contribution in [0.25, 0.3) is 21.9 Å². The van der Waals surface area contributed by atoms with E-state index < -0.39 is 0 Å². The first-order valence-electron chi connectivity index (χ1n) is 9.55. The lowest BCUT2D eigenvalue weighted by Gasteiger charge is -2.22. The van der Waals surface area contributed by atoms with E-state index in [0.29, 0.717) is 0 Å². The SMILES string of the molecule is CC.CC.CC.Cc1ccc2c(c1)Oc1ccc(C)c3cccc-2c13. The largest absolute Gasteiger partial charge is 0.456 e. The highest BCUT2D eigenvalue weighted by molar-refractivity contribution is 6.05. The van der Waals surface area contributed by atoms with Gasteiger partial charge in [0.05, 0.1) is 0 Å². The van der Waals surface area contributed by atoms with Crippen molar-refractivity contribution in [3.05, 3.63) is 59.7 Å². The van der Waals surface area contributed by atoms with Crippen LogP contribution in [0.5, 0.6) is 11.5 Å². The second-order valence-electron chi connectivity index (χ2n) is 5.21. The third kappa shape index (κ3) is 4.04. The molecule has 134 valence electrons. The summed E-state index contributed by atoms with van der Waals surface area (Å²) in [5.41, 5.74) is 4.98. The summed E-state index contributed by atoms with van der Waals surface area (Å²) in [6.45, 7) is 16.2. The predicted molar refractivity (Wildman–Crippen MR) is 113 cm³/mol. The van der Waals surface area contributed by atoms with Crippen LogP contribution in [-0.2, 0) is 0 Å². The molecule has 0 unspecified atom stereocenters. The maximum Gasteiger partial charge on any atom is 0.135 e. The third-order valence-corrected chi connectivity index (χ3v) is 3.87. The van der Waals surface area contributed by atoms with E-state index in [0.717, 1.165) is 11.5 Å². The first-order valence-corrected chi connectivity index (χ1v) is 9.55. The Labute approximate surface area is 153 Å². The Morgan fingerprint density at radius 3 is 2.00 bits per heavy atom. The minimum absolute atomic E-state index is 0.962. The van der Waals surface area contributed by atoms with E-state index in [-0.39, 0.29) is 0 Å². The number of ether oxygens (including phenoxy) is 1. The molecule has 0 aliphatic carbocycles. The van der Waals surface area contributed by atoms with Gasteiger partial charge in [-0.25, -0.2) is 0 Å². The van der Waals surface area contributed by atoms with Crippen LogP contribution in [-0.4, -0.2) is 0 Å². The molecule has 1 heterocycles. The van der Waals surface area contributed by atoms with Crippen molar-refractivity contribution in [1.82, 2.24) is 0 Å². The van der Waals surface area contributed by atoms with Crippen molar-refractivity contribution in [3.8, 4) is 22.6 Å². The molecule has 1 aliphatic rings. The molecule has 0 N–H and O–H groups in total. The van der Waals surface area contributed by atoms with Gasteiger partial charge in [0.2, 0.25) is 0 Å². The number of hydrogen-bond donors (Lipinski definition) is 0. The topological polar surface area (TPSA) is 9.23 Å². The molecule has 25 heavy (non-hydrogen) atoms. The lowest BCUT2D eigenvalue weighted by molar-refractivity contribution is 0.486. The van der Waals surface area contributed by atoms with Gasteiger partial charge in [0.15, 0.2) is 0 Å². The zero-order valence-electron chi connectivity index (χ0n) is 17.0.